The van der Waals surface area contributed by atoms with E-state index in [0.29, 0.717) is 6.42 Å². The van der Waals surface area contributed by atoms with Crippen LogP contribution in [0.15, 0.2) is 29.9 Å². The molecule has 0 heterocycles. The van der Waals surface area contributed by atoms with Crippen LogP contribution < -0.4 is 0 Å². The predicted molar refractivity (Wildman–Crippen MR) is 105 cm³/mol. The third kappa shape index (κ3) is 4.01. The molecule has 1 aliphatic rings. The number of fused-ring (bicyclic) bond motifs is 1. The van der Waals surface area contributed by atoms with Gasteiger partial charge in [-0.3, -0.25) is 14.4 Å². The van der Waals surface area contributed by atoms with E-state index in [9.17, 15) is 24.6 Å². The minimum atomic E-state index is -1.33. The molecule has 0 fully saturated rings. The maximum Gasteiger partial charge on any atom is 0.309 e. The van der Waals surface area contributed by atoms with E-state index in [1.54, 1.807) is 13.8 Å². The van der Waals surface area contributed by atoms with Gasteiger partial charge < -0.3 is 14.9 Å². The summed E-state index contributed by atoms with van der Waals surface area (Å²) in [6.45, 7) is 8.97. The zero-order chi connectivity index (χ0) is 21.2. The van der Waals surface area contributed by atoms with Gasteiger partial charge in [-0.2, -0.15) is 0 Å². The van der Waals surface area contributed by atoms with E-state index in [2.05, 4.69) is 0 Å². The number of esters is 1. The summed E-state index contributed by atoms with van der Waals surface area (Å²) in [5, 5.41) is 21.2. The van der Waals surface area contributed by atoms with Gasteiger partial charge in [-0.05, 0) is 45.4 Å². The summed E-state index contributed by atoms with van der Waals surface area (Å²) >= 11 is 0. The van der Waals surface area contributed by atoms with Crippen molar-refractivity contribution in [3.63, 3.8) is 0 Å². The largest absolute Gasteiger partial charge is 0.507 e. The number of benzene rings is 1. The SMILES string of the molecule is CC[C@@H](C)C(=O)O[C@](C)(CC=C(C)C)c1cc(O)c2c(c1O)C(=O)C=CC2=O. The second kappa shape index (κ2) is 8.00. The molecule has 150 valence electrons. The number of allylic oxidation sites excluding steroid dienone is 3. The number of hydrogen-bond donors (Lipinski definition) is 2. The zero-order valence-corrected chi connectivity index (χ0v) is 16.8. The fourth-order valence-corrected chi connectivity index (χ4v) is 2.96. The van der Waals surface area contributed by atoms with Crippen molar-refractivity contribution in [3.8, 4) is 11.5 Å². The Morgan fingerprint density at radius 2 is 1.75 bits per heavy atom. The van der Waals surface area contributed by atoms with Crippen molar-refractivity contribution >= 4 is 17.5 Å². The van der Waals surface area contributed by atoms with Gasteiger partial charge in [-0.1, -0.05) is 25.5 Å². The third-order valence-corrected chi connectivity index (χ3v) is 4.97. The van der Waals surface area contributed by atoms with Gasteiger partial charge in [0, 0.05) is 12.0 Å². The quantitative estimate of drug-likeness (QED) is 0.432. The first-order chi connectivity index (χ1) is 13.0. The van der Waals surface area contributed by atoms with Gasteiger partial charge in [0.2, 0.25) is 0 Å². The van der Waals surface area contributed by atoms with Crippen LogP contribution in [-0.2, 0) is 15.1 Å². The highest BCUT2D eigenvalue weighted by molar-refractivity contribution is 6.24. The smallest absolute Gasteiger partial charge is 0.309 e. The van der Waals surface area contributed by atoms with Crippen molar-refractivity contribution in [3.05, 3.63) is 46.6 Å². The fraction of sp³-hybridized carbons (Fsp3) is 0.409. The first-order valence-corrected chi connectivity index (χ1v) is 9.24. The Morgan fingerprint density at radius 1 is 1.18 bits per heavy atom. The minimum Gasteiger partial charge on any atom is -0.507 e. The normalized spacial score (nSPS) is 16.2. The van der Waals surface area contributed by atoms with E-state index in [1.807, 2.05) is 26.8 Å². The molecule has 2 N–H and O–H groups in total. The topological polar surface area (TPSA) is 101 Å². The van der Waals surface area contributed by atoms with Crippen LogP contribution >= 0.6 is 0 Å². The Morgan fingerprint density at radius 3 is 2.29 bits per heavy atom. The highest BCUT2D eigenvalue weighted by atomic mass is 16.6. The number of ketones is 2. The van der Waals surface area contributed by atoms with Crippen LogP contribution in [0, 0.1) is 5.92 Å². The summed E-state index contributed by atoms with van der Waals surface area (Å²) in [4.78, 5) is 36.9. The van der Waals surface area contributed by atoms with Crippen LogP contribution in [0.25, 0.3) is 0 Å². The molecule has 0 saturated heterocycles. The number of rotatable bonds is 6. The summed E-state index contributed by atoms with van der Waals surface area (Å²) in [5.41, 5.74) is -0.799. The lowest BCUT2D eigenvalue weighted by Gasteiger charge is -2.32. The van der Waals surface area contributed by atoms with Gasteiger partial charge in [0.15, 0.2) is 11.6 Å². The van der Waals surface area contributed by atoms with E-state index >= 15 is 0 Å². The number of phenols is 2. The molecule has 6 nitrogen and oxygen atoms in total. The second-order valence-electron chi connectivity index (χ2n) is 7.55. The number of carbonyl (C=O) groups is 3. The second-order valence-corrected chi connectivity index (χ2v) is 7.55. The molecule has 0 radical (unpaired) electrons. The van der Waals surface area contributed by atoms with E-state index in [-0.39, 0.29) is 29.0 Å². The molecule has 2 rings (SSSR count). The molecule has 0 unspecified atom stereocenters. The fourth-order valence-electron chi connectivity index (χ4n) is 2.96. The first kappa shape index (κ1) is 21.4. The Labute approximate surface area is 164 Å². The van der Waals surface area contributed by atoms with Crippen molar-refractivity contribution in [2.45, 2.75) is 53.1 Å². The van der Waals surface area contributed by atoms with Crippen LogP contribution in [-0.4, -0.2) is 27.7 Å². The van der Waals surface area contributed by atoms with Crippen LogP contribution in [0.2, 0.25) is 0 Å². The highest BCUT2D eigenvalue weighted by Gasteiger charge is 2.38. The van der Waals surface area contributed by atoms with Crippen LogP contribution in [0.3, 0.4) is 0 Å². The molecule has 0 aliphatic heterocycles. The predicted octanol–water partition coefficient (Wildman–Crippen LogP) is 4.19. The number of ether oxygens (including phenoxy) is 1. The molecule has 0 amide bonds. The highest BCUT2D eigenvalue weighted by Crippen LogP contribution is 2.44. The molecule has 0 spiro atoms. The molecule has 0 aromatic heterocycles. The third-order valence-electron chi connectivity index (χ3n) is 4.97. The molecular weight excluding hydrogens is 360 g/mol. The van der Waals surface area contributed by atoms with Crippen molar-refractivity contribution in [2.75, 3.05) is 0 Å². The van der Waals surface area contributed by atoms with Crippen molar-refractivity contribution < 1.29 is 29.3 Å². The first-order valence-electron chi connectivity index (χ1n) is 9.24. The number of hydrogen-bond acceptors (Lipinski definition) is 6. The molecule has 1 aromatic rings. The lowest BCUT2D eigenvalue weighted by Crippen LogP contribution is -2.32. The Kier molecular flexibility index (Phi) is 6.12. The monoisotopic (exact) mass is 386 g/mol. The van der Waals surface area contributed by atoms with E-state index < -0.39 is 34.6 Å². The Balaban J connectivity index is 2.67. The van der Waals surface area contributed by atoms with Crippen molar-refractivity contribution in [2.24, 2.45) is 5.92 Å². The van der Waals surface area contributed by atoms with E-state index in [0.717, 1.165) is 17.7 Å². The van der Waals surface area contributed by atoms with Crippen LogP contribution in [0.1, 0.15) is 73.7 Å². The Hall–Kier alpha value is -2.89. The van der Waals surface area contributed by atoms with Crippen LogP contribution in [0.5, 0.6) is 11.5 Å². The van der Waals surface area contributed by atoms with Crippen LogP contribution in [0.4, 0.5) is 0 Å². The van der Waals surface area contributed by atoms with E-state index in [1.165, 1.54) is 6.07 Å². The number of aromatic hydroxyl groups is 2. The number of phenolic OH excluding ortho intramolecular Hbond substituents is 2. The molecule has 1 aliphatic carbocycles. The number of carbonyl (C=O) groups excluding carboxylic acids is 3. The summed E-state index contributed by atoms with van der Waals surface area (Å²) in [6.07, 6.45) is 4.74. The molecule has 0 bridgehead atoms. The molecule has 28 heavy (non-hydrogen) atoms. The van der Waals surface area contributed by atoms with Gasteiger partial charge in [0.1, 0.15) is 17.1 Å². The van der Waals surface area contributed by atoms with Crippen molar-refractivity contribution in [1.29, 1.82) is 0 Å². The van der Waals surface area contributed by atoms with Gasteiger partial charge >= 0.3 is 5.97 Å². The van der Waals surface area contributed by atoms with Gasteiger partial charge in [-0.25, -0.2) is 0 Å². The maximum absolute atomic E-state index is 12.5. The molecule has 0 saturated carbocycles. The summed E-state index contributed by atoms with van der Waals surface area (Å²) in [6, 6.07) is 1.20. The Bertz CT molecular complexity index is 889. The van der Waals surface area contributed by atoms with Crippen molar-refractivity contribution in [1.82, 2.24) is 0 Å². The summed E-state index contributed by atoms with van der Waals surface area (Å²) in [7, 11) is 0. The molecule has 2 atom stereocenters. The summed E-state index contributed by atoms with van der Waals surface area (Å²) < 4.78 is 5.75. The van der Waals surface area contributed by atoms with Gasteiger partial charge in [-0.15, -0.1) is 0 Å². The maximum atomic E-state index is 12.5. The lowest BCUT2D eigenvalue weighted by atomic mass is 9.83. The zero-order valence-electron chi connectivity index (χ0n) is 16.8. The van der Waals surface area contributed by atoms with Gasteiger partial charge in [0.25, 0.3) is 0 Å². The van der Waals surface area contributed by atoms with Gasteiger partial charge in [0.05, 0.1) is 17.0 Å². The lowest BCUT2D eigenvalue weighted by molar-refractivity contribution is -0.163. The molecule has 1 aromatic carbocycles. The minimum absolute atomic E-state index is 0.0781. The molecule has 6 heteroatoms. The standard InChI is InChI=1S/C22H26O6/c1-6-13(4)21(27)28-22(5,10-9-12(2)3)14-11-17(25)18-15(23)7-8-16(24)19(18)20(14)26/h7-9,11,13,25-26H,6,10H2,1-5H3/t13-,22-/m1/s1. The summed E-state index contributed by atoms with van der Waals surface area (Å²) in [5.74, 6) is -2.87. The average Bonchev–Trinajstić information content (AvgIpc) is 2.63. The molecular formula is C22H26O6. The van der Waals surface area contributed by atoms with E-state index in [4.69, 9.17) is 4.74 Å². The average molecular weight is 386 g/mol.